The molecule has 0 aliphatic rings. The molecule has 0 atom stereocenters. The minimum Gasteiger partial charge on any atom is -0.478 e. The quantitative estimate of drug-likeness (QED) is 0.784. The number of hydrogen-bond acceptors (Lipinski definition) is 1. The molecule has 20 heavy (non-hydrogen) atoms. The average molecular weight is 330 g/mol. The Balaban J connectivity index is 2.17. The van der Waals surface area contributed by atoms with Gasteiger partial charge in [-0.1, -0.05) is 52.3 Å². The number of hydrogen-bond donors (Lipinski definition) is 1. The molecule has 1 N–H and O–H groups in total. The third-order valence-electron chi connectivity index (χ3n) is 3.28. The number of carbonyl (C=O) groups is 1. The summed E-state index contributed by atoms with van der Waals surface area (Å²) >= 11 is 3.44. The highest BCUT2D eigenvalue weighted by Crippen LogP contribution is 2.29. The zero-order valence-corrected chi connectivity index (χ0v) is 12.2. The molecule has 1 heterocycles. The smallest absolute Gasteiger partial charge is 0.337 e. The van der Waals surface area contributed by atoms with E-state index in [4.69, 9.17) is 0 Å². The van der Waals surface area contributed by atoms with Crippen LogP contribution >= 0.6 is 15.9 Å². The van der Waals surface area contributed by atoms with Crippen LogP contribution in [0.4, 0.5) is 0 Å². The summed E-state index contributed by atoms with van der Waals surface area (Å²) in [5.41, 5.74) is 2.38. The Hall–Kier alpha value is -2.07. The number of halogens is 1. The lowest BCUT2D eigenvalue weighted by molar-refractivity contribution is 0.0698. The first-order chi connectivity index (χ1) is 9.66. The summed E-state index contributed by atoms with van der Waals surface area (Å²) in [6.45, 7) is 0.654. The summed E-state index contributed by atoms with van der Waals surface area (Å²) in [4.78, 5) is 11.4. The maximum atomic E-state index is 11.4. The van der Waals surface area contributed by atoms with E-state index in [0.29, 0.717) is 12.1 Å². The fourth-order valence-corrected chi connectivity index (χ4v) is 2.95. The van der Waals surface area contributed by atoms with E-state index in [0.717, 1.165) is 20.9 Å². The van der Waals surface area contributed by atoms with Crippen molar-refractivity contribution in [3.05, 3.63) is 70.3 Å². The lowest BCUT2D eigenvalue weighted by atomic mass is 10.2. The Kier molecular flexibility index (Phi) is 3.32. The predicted molar refractivity (Wildman–Crippen MR) is 82.1 cm³/mol. The molecular formula is C16H12BrNO2. The number of carboxylic acids is 1. The van der Waals surface area contributed by atoms with Crippen LogP contribution in [0, 0.1) is 0 Å². The van der Waals surface area contributed by atoms with Gasteiger partial charge < -0.3 is 9.67 Å². The number of aromatic carboxylic acids is 1. The van der Waals surface area contributed by atoms with Crippen molar-refractivity contribution in [1.29, 1.82) is 0 Å². The SMILES string of the molecule is O=C(O)c1cn(Cc2ccccc2)c2cccc(Br)c12. The van der Waals surface area contributed by atoms with Crippen LogP contribution in [0.1, 0.15) is 15.9 Å². The van der Waals surface area contributed by atoms with Gasteiger partial charge in [-0.3, -0.25) is 0 Å². The first-order valence-electron chi connectivity index (χ1n) is 6.21. The van der Waals surface area contributed by atoms with Crippen LogP contribution in [0.2, 0.25) is 0 Å². The largest absolute Gasteiger partial charge is 0.478 e. The second-order valence-corrected chi connectivity index (χ2v) is 5.45. The van der Waals surface area contributed by atoms with Gasteiger partial charge in [0.05, 0.1) is 11.1 Å². The molecule has 0 aliphatic heterocycles. The van der Waals surface area contributed by atoms with Crippen molar-refractivity contribution >= 4 is 32.8 Å². The molecular weight excluding hydrogens is 318 g/mol. The van der Waals surface area contributed by atoms with Gasteiger partial charge in [0, 0.05) is 22.6 Å². The molecule has 3 nitrogen and oxygen atoms in total. The third-order valence-corrected chi connectivity index (χ3v) is 3.94. The molecule has 0 radical (unpaired) electrons. The van der Waals surface area contributed by atoms with Gasteiger partial charge in [0.25, 0.3) is 0 Å². The van der Waals surface area contributed by atoms with E-state index in [1.807, 2.05) is 53.1 Å². The fraction of sp³-hybridized carbons (Fsp3) is 0.0625. The number of fused-ring (bicyclic) bond motifs is 1. The van der Waals surface area contributed by atoms with Crippen LogP contribution in [0.15, 0.2) is 59.2 Å². The van der Waals surface area contributed by atoms with Crippen molar-refractivity contribution in [1.82, 2.24) is 4.57 Å². The first-order valence-corrected chi connectivity index (χ1v) is 7.00. The number of rotatable bonds is 3. The molecule has 100 valence electrons. The molecule has 3 rings (SSSR count). The summed E-state index contributed by atoms with van der Waals surface area (Å²) < 4.78 is 2.78. The number of nitrogens with zero attached hydrogens (tertiary/aromatic N) is 1. The van der Waals surface area contributed by atoms with E-state index in [9.17, 15) is 9.90 Å². The Morgan fingerprint density at radius 3 is 2.55 bits per heavy atom. The molecule has 0 spiro atoms. The minimum atomic E-state index is -0.909. The molecule has 0 fully saturated rings. The highest BCUT2D eigenvalue weighted by atomic mass is 79.9. The molecule has 1 aromatic heterocycles. The summed E-state index contributed by atoms with van der Waals surface area (Å²) in [6.07, 6.45) is 1.70. The number of benzene rings is 2. The van der Waals surface area contributed by atoms with Crippen LogP contribution in [-0.2, 0) is 6.54 Å². The first kappa shape index (κ1) is 12.9. The van der Waals surface area contributed by atoms with Gasteiger partial charge >= 0.3 is 5.97 Å². The topological polar surface area (TPSA) is 42.2 Å². The van der Waals surface area contributed by atoms with Crippen molar-refractivity contribution in [3.8, 4) is 0 Å². The van der Waals surface area contributed by atoms with Crippen LogP contribution < -0.4 is 0 Å². The van der Waals surface area contributed by atoms with Gasteiger partial charge in [-0.2, -0.15) is 0 Å². The summed E-state index contributed by atoms with van der Waals surface area (Å²) in [6, 6.07) is 15.7. The number of carboxylic acid groups (broad SMARTS) is 1. The standard InChI is InChI=1S/C16H12BrNO2/c17-13-7-4-8-14-15(13)12(16(19)20)10-18(14)9-11-5-2-1-3-6-11/h1-8,10H,9H2,(H,19,20). The zero-order chi connectivity index (χ0) is 14.1. The van der Waals surface area contributed by atoms with Gasteiger partial charge in [0.2, 0.25) is 0 Å². The van der Waals surface area contributed by atoms with Crippen molar-refractivity contribution in [2.45, 2.75) is 6.54 Å². The van der Waals surface area contributed by atoms with Crippen molar-refractivity contribution in [2.24, 2.45) is 0 Å². The Bertz CT molecular complexity index is 778. The second kappa shape index (κ2) is 5.13. The molecule has 4 heteroatoms. The van der Waals surface area contributed by atoms with Crippen LogP contribution in [0.3, 0.4) is 0 Å². The zero-order valence-electron chi connectivity index (χ0n) is 10.6. The highest BCUT2D eigenvalue weighted by Gasteiger charge is 2.16. The lowest BCUT2D eigenvalue weighted by Crippen LogP contribution is -1.98. The van der Waals surface area contributed by atoms with Gasteiger partial charge in [-0.25, -0.2) is 4.79 Å². The minimum absolute atomic E-state index is 0.323. The number of aromatic nitrogens is 1. The Morgan fingerprint density at radius 1 is 1.10 bits per heavy atom. The molecule has 0 bridgehead atoms. The van der Waals surface area contributed by atoms with E-state index in [-0.39, 0.29) is 0 Å². The van der Waals surface area contributed by atoms with E-state index in [1.165, 1.54) is 0 Å². The Labute approximate surface area is 124 Å². The van der Waals surface area contributed by atoms with Crippen LogP contribution in [0.5, 0.6) is 0 Å². The summed E-state index contributed by atoms with van der Waals surface area (Å²) in [5, 5.41) is 10.1. The lowest BCUT2D eigenvalue weighted by Gasteiger charge is -2.05. The molecule has 0 saturated heterocycles. The maximum Gasteiger partial charge on any atom is 0.337 e. The van der Waals surface area contributed by atoms with E-state index < -0.39 is 5.97 Å². The third kappa shape index (κ3) is 2.23. The summed E-state index contributed by atoms with van der Waals surface area (Å²) in [5.74, 6) is -0.909. The highest BCUT2D eigenvalue weighted by molar-refractivity contribution is 9.10. The molecule has 2 aromatic carbocycles. The molecule has 0 aliphatic carbocycles. The normalized spacial score (nSPS) is 10.8. The van der Waals surface area contributed by atoms with Crippen LogP contribution in [-0.4, -0.2) is 15.6 Å². The van der Waals surface area contributed by atoms with Crippen molar-refractivity contribution in [2.75, 3.05) is 0 Å². The second-order valence-electron chi connectivity index (χ2n) is 4.60. The van der Waals surface area contributed by atoms with Crippen LogP contribution in [0.25, 0.3) is 10.9 Å². The molecule has 0 saturated carbocycles. The maximum absolute atomic E-state index is 11.4. The molecule has 0 amide bonds. The van der Waals surface area contributed by atoms with Gasteiger partial charge in [0.1, 0.15) is 0 Å². The van der Waals surface area contributed by atoms with E-state index in [1.54, 1.807) is 6.20 Å². The van der Waals surface area contributed by atoms with Crippen molar-refractivity contribution in [3.63, 3.8) is 0 Å². The average Bonchev–Trinajstić information content (AvgIpc) is 2.81. The molecule has 3 aromatic rings. The van der Waals surface area contributed by atoms with Gasteiger partial charge in [-0.15, -0.1) is 0 Å². The fourth-order valence-electron chi connectivity index (χ4n) is 2.38. The monoisotopic (exact) mass is 329 g/mol. The van der Waals surface area contributed by atoms with E-state index >= 15 is 0 Å². The van der Waals surface area contributed by atoms with Crippen molar-refractivity contribution < 1.29 is 9.90 Å². The Morgan fingerprint density at radius 2 is 1.85 bits per heavy atom. The van der Waals surface area contributed by atoms with Gasteiger partial charge in [-0.05, 0) is 17.7 Å². The summed E-state index contributed by atoms with van der Waals surface area (Å²) in [7, 11) is 0. The molecule has 0 unspecified atom stereocenters. The predicted octanol–water partition coefficient (Wildman–Crippen LogP) is 4.15. The van der Waals surface area contributed by atoms with E-state index in [2.05, 4.69) is 15.9 Å². The van der Waals surface area contributed by atoms with Gasteiger partial charge in [0.15, 0.2) is 0 Å².